The van der Waals surface area contributed by atoms with Crippen molar-refractivity contribution >= 4 is 24.0 Å². The third-order valence-corrected chi connectivity index (χ3v) is 9.95. The molecule has 1 aliphatic rings. The van der Waals surface area contributed by atoms with Crippen LogP contribution >= 0.6 is 0 Å². The van der Waals surface area contributed by atoms with Gasteiger partial charge in [0, 0.05) is 5.54 Å². The number of allylic oxidation sites excluding steroid dienone is 4. The van der Waals surface area contributed by atoms with E-state index < -0.39 is 8.07 Å². The Balaban J connectivity index is 2.22. The van der Waals surface area contributed by atoms with Crippen LogP contribution in [0.3, 0.4) is 0 Å². The molecule has 0 aliphatic heterocycles. The van der Waals surface area contributed by atoms with Crippen LogP contribution in [-0.4, -0.2) is 8.07 Å². The average Bonchev–Trinajstić information content (AvgIpc) is 2.70. The van der Waals surface area contributed by atoms with Crippen LogP contribution in [0, 0.1) is 0 Å². The lowest BCUT2D eigenvalue weighted by atomic mass is 10.1. The van der Waals surface area contributed by atoms with Crippen molar-refractivity contribution < 1.29 is 0 Å². The van der Waals surface area contributed by atoms with Crippen LogP contribution in [-0.2, 0) is 0 Å². The van der Waals surface area contributed by atoms with Gasteiger partial charge in [0.25, 0.3) is 0 Å². The maximum absolute atomic E-state index is 2.54. The highest BCUT2D eigenvalue weighted by atomic mass is 28.3. The van der Waals surface area contributed by atoms with Gasteiger partial charge in [-0.05, 0) is 49.6 Å². The maximum atomic E-state index is 2.54. The number of fused-ring (bicyclic) bond motifs is 1. The lowest BCUT2D eigenvalue weighted by molar-refractivity contribution is 1.08. The first kappa shape index (κ1) is 15.3. The third kappa shape index (κ3) is 2.11. The highest BCUT2D eigenvalue weighted by Crippen LogP contribution is 2.46. The molecule has 3 rings (SSSR count). The minimum Gasteiger partial charge on any atom is -0.0653 e. The topological polar surface area (TPSA) is 0 Å². The SMILES string of the molecule is CC1=C(C)C([Si](C)(C)c2cccc3ccccc23)C(C)=C1C. The summed E-state index contributed by atoms with van der Waals surface area (Å²) in [6.07, 6.45) is 0. The van der Waals surface area contributed by atoms with E-state index in [0.717, 1.165) is 0 Å². The van der Waals surface area contributed by atoms with E-state index in [0.29, 0.717) is 5.54 Å². The standard InChI is InChI=1S/C21H26Si/c1-14-15(2)17(4)21(16(14)3)22(5,6)20-13-9-11-18-10-7-8-12-19(18)20/h7-13,21H,1-6H3. The smallest absolute Gasteiger partial charge is 0.0653 e. The van der Waals surface area contributed by atoms with Gasteiger partial charge in [0.05, 0.1) is 8.07 Å². The highest BCUT2D eigenvalue weighted by Gasteiger charge is 2.40. The fraction of sp³-hybridized carbons (Fsp3) is 0.333. The zero-order valence-corrected chi connectivity index (χ0v) is 15.6. The molecule has 0 bridgehead atoms. The lowest BCUT2D eigenvalue weighted by Gasteiger charge is -2.34. The van der Waals surface area contributed by atoms with Gasteiger partial charge in [0.15, 0.2) is 0 Å². The van der Waals surface area contributed by atoms with Crippen molar-refractivity contribution in [3.05, 3.63) is 64.8 Å². The minimum absolute atomic E-state index is 0.637. The average molecular weight is 307 g/mol. The van der Waals surface area contributed by atoms with Crippen LogP contribution in [0.4, 0.5) is 0 Å². The van der Waals surface area contributed by atoms with E-state index in [4.69, 9.17) is 0 Å². The maximum Gasteiger partial charge on any atom is 0.0926 e. The Hall–Kier alpha value is -1.60. The monoisotopic (exact) mass is 306 g/mol. The first-order valence-corrected chi connectivity index (χ1v) is 11.3. The summed E-state index contributed by atoms with van der Waals surface area (Å²) in [7, 11) is -1.64. The summed E-state index contributed by atoms with van der Waals surface area (Å²) in [4.78, 5) is 0. The molecule has 0 amide bonds. The predicted octanol–water partition coefficient (Wildman–Crippen LogP) is 5.81. The molecular weight excluding hydrogens is 280 g/mol. The van der Waals surface area contributed by atoms with E-state index in [1.54, 1.807) is 16.3 Å². The van der Waals surface area contributed by atoms with Gasteiger partial charge in [-0.2, -0.15) is 0 Å². The molecule has 0 atom stereocenters. The van der Waals surface area contributed by atoms with Crippen molar-refractivity contribution in [2.24, 2.45) is 0 Å². The Bertz CT molecular complexity index is 776. The van der Waals surface area contributed by atoms with Gasteiger partial charge >= 0.3 is 0 Å². The quantitative estimate of drug-likeness (QED) is 0.614. The Morgan fingerprint density at radius 3 is 1.91 bits per heavy atom. The molecule has 2 aromatic carbocycles. The van der Waals surface area contributed by atoms with Gasteiger partial charge in [0.2, 0.25) is 0 Å². The van der Waals surface area contributed by atoms with Gasteiger partial charge in [-0.15, -0.1) is 0 Å². The molecule has 0 nitrogen and oxygen atoms in total. The first-order valence-electron chi connectivity index (χ1n) is 8.19. The van der Waals surface area contributed by atoms with Crippen molar-refractivity contribution in [3.63, 3.8) is 0 Å². The van der Waals surface area contributed by atoms with Gasteiger partial charge in [-0.1, -0.05) is 71.9 Å². The first-order chi connectivity index (χ1) is 10.4. The van der Waals surface area contributed by atoms with Crippen molar-refractivity contribution in [1.82, 2.24) is 0 Å². The fourth-order valence-corrected chi connectivity index (χ4v) is 8.73. The molecule has 0 unspecified atom stereocenters. The highest BCUT2D eigenvalue weighted by molar-refractivity contribution is 6.93. The molecule has 0 aromatic heterocycles. The number of hydrogen-bond acceptors (Lipinski definition) is 0. The number of rotatable bonds is 2. The second-order valence-corrected chi connectivity index (χ2v) is 11.9. The van der Waals surface area contributed by atoms with E-state index >= 15 is 0 Å². The van der Waals surface area contributed by atoms with Crippen LogP contribution in [0.5, 0.6) is 0 Å². The van der Waals surface area contributed by atoms with Crippen LogP contribution in [0.2, 0.25) is 18.6 Å². The number of hydrogen-bond donors (Lipinski definition) is 0. The minimum atomic E-state index is -1.64. The van der Waals surface area contributed by atoms with E-state index in [-0.39, 0.29) is 0 Å². The second kappa shape index (κ2) is 5.24. The van der Waals surface area contributed by atoms with E-state index in [1.807, 2.05) is 0 Å². The zero-order valence-electron chi connectivity index (χ0n) is 14.6. The summed E-state index contributed by atoms with van der Waals surface area (Å²) < 4.78 is 0. The summed E-state index contributed by atoms with van der Waals surface area (Å²) >= 11 is 0. The normalized spacial score (nSPS) is 17.0. The molecule has 0 heterocycles. The van der Waals surface area contributed by atoms with Crippen molar-refractivity contribution in [1.29, 1.82) is 0 Å². The molecule has 0 fully saturated rings. The summed E-state index contributed by atoms with van der Waals surface area (Å²) in [5.41, 5.74) is 6.86. The van der Waals surface area contributed by atoms with E-state index in [2.05, 4.69) is 83.3 Å². The molecule has 0 saturated heterocycles. The van der Waals surface area contributed by atoms with Crippen LogP contribution < -0.4 is 5.19 Å². The van der Waals surface area contributed by atoms with Gasteiger partial charge in [-0.25, -0.2) is 0 Å². The molecule has 1 heteroatoms. The largest absolute Gasteiger partial charge is 0.0926 e. The van der Waals surface area contributed by atoms with Gasteiger partial charge in [-0.3, -0.25) is 0 Å². The zero-order chi connectivity index (χ0) is 16.1. The Morgan fingerprint density at radius 2 is 1.27 bits per heavy atom. The van der Waals surface area contributed by atoms with Crippen molar-refractivity contribution in [2.75, 3.05) is 0 Å². The summed E-state index contributed by atoms with van der Waals surface area (Å²) in [5, 5.41) is 4.41. The molecule has 0 spiro atoms. The number of benzene rings is 2. The molecule has 2 aromatic rings. The summed E-state index contributed by atoms with van der Waals surface area (Å²) in [5.74, 6) is 0. The summed E-state index contributed by atoms with van der Waals surface area (Å²) in [6.45, 7) is 14.4. The third-order valence-electron chi connectivity index (χ3n) is 5.82. The predicted molar refractivity (Wildman–Crippen MR) is 102 cm³/mol. The van der Waals surface area contributed by atoms with Crippen molar-refractivity contribution in [3.8, 4) is 0 Å². The van der Waals surface area contributed by atoms with Crippen LogP contribution in [0.1, 0.15) is 27.7 Å². The molecule has 0 saturated carbocycles. The fourth-order valence-electron chi connectivity index (χ4n) is 4.37. The second-order valence-electron chi connectivity index (χ2n) is 7.30. The Morgan fingerprint density at radius 1 is 0.727 bits per heavy atom. The lowest BCUT2D eigenvalue weighted by Crippen LogP contribution is -2.46. The van der Waals surface area contributed by atoms with Crippen molar-refractivity contribution in [2.45, 2.75) is 46.3 Å². The van der Waals surface area contributed by atoms with Crippen LogP contribution in [0.15, 0.2) is 64.8 Å². The Labute approximate surface area is 135 Å². The molecule has 0 N–H and O–H groups in total. The van der Waals surface area contributed by atoms with E-state index in [9.17, 15) is 0 Å². The summed E-state index contributed by atoms with van der Waals surface area (Å²) in [6, 6.07) is 15.7. The molecule has 22 heavy (non-hydrogen) atoms. The van der Waals surface area contributed by atoms with Gasteiger partial charge in [0.1, 0.15) is 0 Å². The van der Waals surface area contributed by atoms with Gasteiger partial charge < -0.3 is 0 Å². The molecular formula is C21H26Si. The molecule has 0 radical (unpaired) electrons. The van der Waals surface area contributed by atoms with E-state index in [1.165, 1.54) is 21.9 Å². The molecule has 114 valence electrons. The van der Waals surface area contributed by atoms with Crippen LogP contribution in [0.25, 0.3) is 10.8 Å². The Kier molecular flexibility index (Phi) is 3.64. The molecule has 1 aliphatic carbocycles.